The Hall–Kier alpha value is -3.81. The molecule has 0 N–H and O–H groups in total. The second-order valence-electron chi connectivity index (χ2n) is 9.40. The van der Waals surface area contributed by atoms with Gasteiger partial charge in [0.25, 0.3) is 5.91 Å². The molecular formula is C28H24F3NO4. The van der Waals surface area contributed by atoms with Gasteiger partial charge in [0.15, 0.2) is 11.5 Å². The molecule has 1 heterocycles. The molecule has 0 atom stereocenters. The Morgan fingerprint density at radius 2 is 1.61 bits per heavy atom. The highest BCUT2D eigenvalue weighted by molar-refractivity contribution is 5.95. The summed E-state index contributed by atoms with van der Waals surface area (Å²) in [5, 5.41) is 0. The van der Waals surface area contributed by atoms with E-state index in [1.54, 1.807) is 32.3 Å². The van der Waals surface area contributed by atoms with Crippen LogP contribution in [0.5, 0.6) is 11.5 Å². The molecule has 0 saturated heterocycles. The van der Waals surface area contributed by atoms with Crippen molar-refractivity contribution in [2.45, 2.75) is 30.9 Å². The fourth-order valence-electron chi connectivity index (χ4n) is 4.64. The van der Waals surface area contributed by atoms with Gasteiger partial charge in [0, 0.05) is 26.1 Å². The summed E-state index contributed by atoms with van der Waals surface area (Å²) in [4.78, 5) is 26.8. The van der Waals surface area contributed by atoms with Gasteiger partial charge in [-0.15, -0.1) is 0 Å². The smallest absolute Gasteiger partial charge is 0.417 e. The first-order chi connectivity index (χ1) is 17.1. The van der Waals surface area contributed by atoms with Crippen molar-refractivity contribution < 1.29 is 32.2 Å². The maximum absolute atomic E-state index is 14.0. The van der Waals surface area contributed by atoms with E-state index in [1.807, 2.05) is 6.07 Å². The molecule has 186 valence electrons. The van der Waals surface area contributed by atoms with E-state index in [0.717, 1.165) is 11.6 Å². The van der Waals surface area contributed by atoms with E-state index in [1.165, 1.54) is 35.2 Å². The van der Waals surface area contributed by atoms with Gasteiger partial charge < -0.3 is 14.4 Å². The quantitative estimate of drug-likeness (QED) is 0.444. The lowest BCUT2D eigenvalue weighted by atomic mass is 9.86. The molecular weight excluding hydrogens is 471 g/mol. The molecule has 5 nitrogen and oxygen atoms in total. The van der Waals surface area contributed by atoms with Gasteiger partial charge in [0.2, 0.25) is 6.79 Å². The fourth-order valence-corrected chi connectivity index (χ4v) is 4.64. The number of hydrogen-bond donors (Lipinski definition) is 0. The van der Waals surface area contributed by atoms with Crippen LogP contribution in [0.3, 0.4) is 0 Å². The predicted molar refractivity (Wildman–Crippen MR) is 127 cm³/mol. The van der Waals surface area contributed by atoms with Crippen molar-refractivity contribution in [1.29, 1.82) is 0 Å². The fraction of sp³-hybridized carbons (Fsp3) is 0.286. The van der Waals surface area contributed by atoms with Crippen LogP contribution in [0.2, 0.25) is 0 Å². The highest BCUT2D eigenvalue weighted by atomic mass is 19.4. The molecule has 2 aliphatic rings. The first kappa shape index (κ1) is 23.9. The zero-order chi connectivity index (χ0) is 25.7. The molecule has 0 unspecified atom stereocenters. The molecule has 36 heavy (non-hydrogen) atoms. The van der Waals surface area contributed by atoms with Gasteiger partial charge >= 0.3 is 6.18 Å². The summed E-state index contributed by atoms with van der Waals surface area (Å²) >= 11 is 0. The number of fused-ring (bicyclic) bond motifs is 1. The van der Waals surface area contributed by atoms with E-state index in [2.05, 4.69) is 0 Å². The maximum atomic E-state index is 14.0. The van der Waals surface area contributed by atoms with Gasteiger partial charge in [0.05, 0.1) is 11.0 Å². The summed E-state index contributed by atoms with van der Waals surface area (Å²) in [7, 11) is 3.21. The summed E-state index contributed by atoms with van der Waals surface area (Å²) in [6.45, 7) is 0.126. The number of amides is 1. The molecule has 0 aromatic heterocycles. The Kier molecular flexibility index (Phi) is 5.77. The number of Topliss-reactive ketones (excluding diaryl/α,β-unsaturated/α-hetero) is 1. The summed E-state index contributed by atoms with van der Waals surface area (Å²) in [6.07, 6.45) is -3.42. The van der Waals surface area contributed by atoms with Gasteiger partial charge in [-0.2, -0.15) is 13.2 Å². The third kappa shape index (κ3) is 4.32. The van der Waals surface area contributed by atoms with Crippen LogP contribution in [0.1, 0.15) is 39.9 Å². The number of rotatable bonds is 6. The Morgan fingerprint density at radius 3 is 2.25 bits per heavy atom. The number of halogens is 3. The zero-order valence-electron chi connectivity index (χ0n) is 19.8. The molecule has 1 aliphatic carbocycles. The van der Waals surface area contributed by atoms with Crippen molar-refractivity contribution in [1.82, 2.24) is 4.90 Å². The van der Waals surface area contributed by atoms with Crippen molar-refractivity contribution in [3.63, 3.8) is 0 Å². The third-order valence-corrected chi connectivity index (χ3v) is 6.81. The van der Waals surface area contributed by atoms with E-state index in [-0.39, 0.29) is 30.5 Å². The van der Waals surface area contributed by atoms with E-state index < -0.39 is 17.2 Å². The molecule has 8 heteroatoms. The SMILES string of the molecule is CN(C)C(=O)c1ccc(-c2ccc(CC(=O)C3(c4ccc5c(c4)OCO5)CC3)cc2C(F)(F)F)cc1. The number of carbonyl (C=O) groups excluding carboxylic acids is 2. The second-order valence-corrected chi connectivity index (χ2v) is 9.40. The van der Waals surface area contributed by atoms with Crippen molar-refractivity contribution >= 4 is 11.7 Å². The molecule has 3 aromatic rings. The topological polar surface area (TPSA) is 55.8 Å². The first-order valence-corrected chi connectivity index (χ1v) is 11.5. The Balaban J connectivity index is 1.41. The van der Waals surface area contributed by atoms with Gasteiger partial charge in [0.1, 0.15) is 5.78 Å². The number of hydrogen-bond acceptors (Lipinski definition) is 4. The van der Waals surface area contributed by atoms with Crippen molar-refractivity contribution in [2.75, 3.05) is 20.9 Å². The number of carbonyl (C=O) groups is 2. The van der Waals surface area contributed by atoms with Crippen LogP contribution in [0.25, 0.3) is 11.1 Å². The summed E-state index contributed by atoms with van der Waals surface area (Å²) in [6, 6.07) is 15.4. The molecule has 0 bridgehead atoms. The summed E-state index contributed by atoms with van der Waals surface area (Å²) in [5.74, 6) is 0.844. The number of alkyl halides is 3. The predicted octanol–water partition coefficient (Wildman–Crippen LogP) is 5.65. The van der Waals surface area contributed by atoms with Crippen LogP contribution in [-0.2, 0) is 22.8 Å². The number of nitrogens with zero attached hydrogens (tertiary/aromatic N) is 1. The van der Waals surface area contributed by atoms with E-state index in [0.29, 0.717) is 41.0 Å². The highest BCUT2D eigenvalue weighted by Gasteiger charge is 2.51. The molecule has 1 fully saturated rings. The molecule has 3 aromatic carbocycles. The third-order valence-electron chi connectivity index (χ3n) is 6.81. The minimum absolute atomic E-state index is 0.000503. The van der Waals surface area contributed by atoms with Crippen molar-refractivity contribution in [3.8, 4) is 22.6 Å². The summed E-state index contributed by atoms with van der Waals surface area (Å²) < 4.78 is 52.8. The highest BCUT2D eigenvalue weighted by Crippen LogP contribution is 2.51. The lowest BCUT2D eigenvalue weighted by Gasteiger charge is -2.18. The van der Waals surface area contributed by atoms with Crippen LogP contribution in [0.15, 0.2) is 60.7 Å². The largest absolute Gasteiger partial charge is 0.454 e. The Morgan fingerprint density at radius 1 is 0.917 bits per heavy atom. The minimum Gasteiger partial charge on any atom is -0.454 e. The molecule has 5 rings (SSSR count). The first-order valence-electron chi connectivity index (χ1n) is 11.5. The Labute approximate surface area is 206 Å². The normalized spacial score (nSPS) is 15.5. The molecule has 1 aliphatic heterocycles. The average molecular weight is 495 g/mol. The van der Waals surface area contributed by atoms with Crippen LogP contribution in [-0.4, -0.2) is 37.5 Å². The minimum atomic E-state index is -4.61. The monoisotopic (exact) mass is 495 g/mol. The van der Waals surface area contributed by atoms with Crippen molar-refractivity contribution in [2.24, 2.45) is 0 Å². The van der Waals surface area contributed by atoms with Gasteiger partial charge in [-0.3, -0.25) is 9.59 Å². The molecule has 0 radical (unpaired) electrons. The van der Waals surface area contributed by atoms with Crippen LogP contribution >= 0.6 is 0 Å². The lowest BCUT2D eigenvalue weighted by Crippen LogP contribution is -2.22. The van der Waals surface area contributed by atoms with Crippen LogP contribution in [0.4, 0.5) is 13.2 Å². The van der Waals surface area contributed by atoms with E-state index in [4.69, 9.17) is 9.47 Å². The van der Waals surface area contributed by atoms with E-state index >= 15 is 0 Å². The van der Waals surface area contributed by atoms with Crippen LogP contribution < -0.4 is 9.47 Å². The number of benzene rings is 3. The number of ether oxygens (including phenoxy) is 2. The maximum Gasteiger partial charge on any atom is 0.417 e. The Bertz CT molecular complexity index is 1340. The summed E-state index contributed by atoms with van der Waals surface area (Å²) in [5.41, 5.74) is 0.325. The second kappa shape index (κ2) is 8.69. The van der Waals surface area contributed by atoms with Crippen LogP contribution in [0, 0.1) is 0 Å². The van der Waals surface area contributed by atoms with Gasteiger partial charge in [-0.1, -0.05) is 30.3 Å². The van der Waals surface area contributed by atoms with E-state index in [9.17, 15) is 22.8 Å². The average Bonchev–Trinajstić information content (AvgIpc) is 3.54. The zero-order valence-corrected chi connectivity index (χ0v) is 19.8. The lowest BCUT2D eigenvalue weighted by molar-refractivity contribution is -0.137. The van der Waals surface area contributed by atoms with Crippen molar-refractivity contribution in [3.05, 3.63) is 82.9 Å². The van der Waals surface area contributed by atoms with Gasteiger partial charge in [-0.05, 0) is 65.4 Å². The molecule has 0 spiro atoms. The number of ketones is 1. The van der Waals surface area contributed by atoms with Gasteiger partial charge in [-0.25, -0.2) is 0 Å². The standard InChI is InChI=1S/C28H24F3NO4/c1-32(2)26(34)19-6-4-18(5-7-19)21-9-3-17(13-22(21)28(29,30)31)14-25(33)27(11-12-27)20-8-10-23-24(15-20)36-16-35-23/h3-10,13,15H,11-12,14,16H2,1-2H3. The molecule has 1 saturated carbocycles. The molecule has 1 amide bonds.